The molecule has 2 rings (SSSR count). The van der Waals surface area contributed by atoms with Gasteiger partial charge in [-0.1, -0.05) is 32.1 Å². The van der Waals surface area contributed by atoms with Gasteiger partial charge in [-0.15, -0.1) is 6.58 Å². The number of hydrogen-bond acceptors (Lipinski definition) is 5. The molecular weight excluding hydrogens is 320 g/mol. The molecule has 0 aromatic heterocycles. The van der Waals surface area contributed by atoms with Crippen LogP contribution in [0.15, 0.2) is 36.9 Å². The van der Waals surface area contributed by atoms with E-state index in [1.807, 2.05) is 38.1 Å². The van der Waals surface area contributed by atoms with Gasteiger partial charge >= 0.3 is 0 Å². The molecule has 5 heteroatoms. The fourth-order valence-corrected chi connectivity index (χ4v) is 3.05. The van der Waals surface area contributed by atoms with Crippen molar-refractivity contribution in [2.75, 3.05) is 13.7 Å². The lowest BCUT2D eigenvalue weighted by molar-refractivity contribution is -0.195. The quantitative estimate of drug-likeness (QED) is 0.655. The van der Waals surface area contributed by atoms with Crippen LogP contribution in [0.25, 0.3) is 0 Å². The molecule has 1 aromatic carbocycles. The summed E-state index contributed by atoms with van der Waals surface area (Å²) in [7, 11) is 1.64. The maximum atomic E-state index is 10.5. The van der Waals surface area contributed by atoms with Crippen LogP contribution in [0, 0.1) is 0 Å². The lowest BCUT2D eigenvalue weighted by Gasteiger charge is -2.30. The summed E-state index contributed by atoms with van der Waals surface area (Å²) in [5, 5.41) is 10.5. The third-order valence-corrected chi connectivity index (χ3v) is 4.71. The second-order valence-corrected chi connectivity index (χ2v) is 6.30. The van der Waals surface area contributed by atoms with E-state index < -0.39 is 18.0 Å². The van der Waals surface area contributed by atoms with Crippen LogP contribution in [0.3, 0.4) is 0 Å². The standard InChI is InChI=1S/C20H30O5/c1-5-8-17(21)19(18-14-24-20(6-2,7-3)25-18)23-13-15-9-11-16(22-4)12-10-15/h5,9-12,17-19,21H,1,6-8,13-14H2,2-4H3/t17-,18-,19-/m1/s1. The molecule has 1 aliphatic rings. The minimum absolute atomic E-state index is 0.298. The number of rotatable bonds is 10. The molecule has 0 bridgehead atoms. The van der Waals surface area contributed by atoms with Gasteiger partial charge in [-0.3, -0.25) is 0 Å². The van der Waals surface area contributed by atoms with Crippen molar-refractivity contribution >= 4 is 0 Å². The third-order valence-electron chi connectivity index (χ3n) is 4.71. The average molecular weight is 350 g/mol. The van der Waals surface area contributed by atoms with Crippen molar-refractivity contribution in [3.63, 3.8) is 0 Å². The Balaban J connectivity index is 2.04. The SMILES string of the molecule is C=CC[C@@H](O)[C@@H](OCc1ccc(OC)cc1)[C@H]1COC(CC)(CC)O1. The summed E-state index contributed by atoms with van der Waals surface area (Å²) in [5.74, 6) is 0.232. The predicted octanol–water partition coefficient (Wildman–Crippen LogP) is 3.45. The smallest absolute Gasteiger partial charge is 0.168 e. The van der Waals surface area contributed by atoms with Crippen LogP contribution < -0.4 is 4.74 Å². The highest BCUT2D eigenvalue weighted by Gasteiger charge is 2.44. The minimum atomic E-state index is -0.686. The first-order chi connectivity index (χ1) is 12.1. The molecule has 3 atom stereocenters. The first kappa shape index (κ1) is 19.9. The maximum absolute atomic E-state index is 10.5. The average Bonchev–Trinajstić information content (AvgIpc) is 3.07. The molecule has 1 aliphatic heterocycles. The van der Waals surface area contributed by atoms with Gasteiger partial charge in [-0.2, -0.15) is 0 Å². The Bertz CT molecular complexity index is 523. The second-order valence-electron chi connectivity index (χ2n) is 6.30. The van der Waals surface area contributed by atoms with Gasteiger partial charge < -0.3 is 24.1 Å². The normalized spacial score (nSPS) is 21.7. The highest BCUT2D eigenvalue weighted by molar-refractivity contribution is 5.26. The molecule has 1 saturated heterocycles. The molecule has 1 N–H and O–H groups in total. The van der Waals surface area contributed by atoms with Gasteiger partial charge in [0.25, 0.3) is 0 Å². The zero-order valence-corrected chi connectivity index (χ0v) is 15.4. The lowest BCUT2D eigenvalue weighted by atomic mass is 10.0. The monoisotopic (exact) mass is 350 g/mol. The van der Waals surface area contributed by atoms with E-state index >= 15 is 0 Å². The second kappa shape index (κ2) is 9.34. The molecule has 0 saturated carbocycles. The van der Waals surface area contributed by atoms with E-state index in [2.05, 4.69) is 6.58 Å². The van der Waals surface area contributed by atoms with Crippen molar-refractivity contribution in [1.29, 1.82) is 0 Å². The summed E-state index contributed by atoms with van der Waals surface area (Å²) in [5.41, 5.74) is 1.01. The van der Waals surface area contributed by atoms with Crippen molar-refractivity contribution in [1.82, 2.24) is 0 Å². The summed E-state index contributed by atoms with van der Waals surface area (Å²) in [4.78, 5) is 0. The van der Waals surface area contributed by atoms with E-state index in [1.165, 1.54) is 0 Å². The third kappa shape index (κ3) is 5.05. The lowest BCUT2D eigenvalue weighted by Crippen LogP contribution is -2.42. The Morgan fingerprint density at radius 1 is 1.32 bits per heavy atom. The van der Waals surface area contributed by atoms with Crippen LogP contribution in [0.5, 0.6) is 5.75 Å². The van der Waals surface area contributed by atoms with Crippen LogP contribution in [-0.2, 0) is 20.8 Å². The number of ether oxygens (including phenoxy) is 4. The largest absolute Gasteiger partial charge is 0.497 e. The van der Waals surface area contributed by atoms with Gasteiger partial charge in [-0.25, -0.2) is 0 Å². The highest BCUT2D eigenvalue weighted by Crippen LogP contribution is 2.33. The molecule has 25 heavy (non-hydrogen) atoms. The summed E-state index contributed by atoms with van der Waals surface area (Å²) >= 11 is 0. The molecule has 1 heterocycles. The van der Waals surface area contributed by atoms with Crippen LogP contribution in [0.1, 0.15) is 38.7 Å². The molecule has 5 nitrogen and oxygen atoms in total. The number of aliphatic hydroxyl groups excluding tert-OH is 1. The van der Waals surface area contributed by atoms with E-state index in [1.54, 1.807) is 13.2 Å². The van der Waals surface area contributed by atoms with Crippen molar-refractivity contribution in [3.8, 4) is 5.75 Å². The predicted molar refractivity (Wildman–Crippen MR) is 96.5 cm³/mol. The molecule has 1 fully saturated rings. The maximum Gasteiger partial charge on any atom is 0.168 e. The molecule has 1 aromatic rings. The van der Waals surface area contributed by atoms with E-state index in [0.717, 1.165) is 24.2 Å². The summed E-state index contributed by atoms with van der Waals surface area (Å²) in [6.07, 6.45) is 2.21. The summed E-state index contributed by atoms with van der Waals surface area (Å²) in [6.45, 7) is 8.59. The van der Waals surface area contributed by atoms with Crippen molar-refractivity contribution in [2.24, 2.45) is 0 Å². The van der Waals surface area contributed by atoms with Crippen LogP contribution >= 0.6 is 0 Å². The van der Waals surface area contributed by atoms with Crippen molar-refractivity contribution < 1.29 is 24.1 Å². The first-order valence-corrected chi connectivity index (χ1v) is 8.92. The summed E-state index contributed by atoms with van der Waals surface area (Å²) < 4.78 is 23.2. The highest BCUT2D eigenvalue weighted by atomic mass is 16.8. The Morgan fingerprint density at radius 3 is 2.52 bits per heavy atom. The number of aliphatic hydroxyl groups is 1. The molecule has 0 radical (unpaired) electrons. The van der Waals surface area contributed by atoms with Crippen molar-refractivity contribution in [2.45, 2.75) is 63.8 Å². The minimum Gasteiger partial charge on any atom is -0.497 e. The van der Waals surface area contributed by atoms with Crippen molar-refractivity contribution in [3.05, 3.63) is 42.5 Å². The van der Waals surface area contributed by atoms with E-state index in [9.17, 15) is 5.11 Å². The number of hydrogen-bond donors (Lipinski definition) is 1. The van der Waals surface area contributed by atoms with E-state index in [4.69, 9.17) is 18.9 Å². The van der Waals surface area contributed by atoms with Gasteiger partial charge in [-0.05, 0) is 37.0 Å². The molecule has 0 unspecified atom stereocenters. The fraction of sp³-hybridized carbons (Fsp3) is 0.600. The van der Waals surface area contributed by atoms with Gasteiger partial charge in [0.05, 0.1) is 26.4 Å². The van der Waals surface area contributed by atoms with Gasteiger partial charge in [0.2, 0.25) is 0 Å². The summed E-state index contributed by atoms with van der Waals surface area (Å²) in [6, 6.07) is 7.68. The van der Waals surface area contributed by atoms with Crippen LogP contribution in [-0.4, -0.2) is 42.9 Å². The number of benzene rings is 1. The molecule has 0 aliphatic carbocycles. The Kier molecular flexibility index (Phi) is 7.44. The van der Waals surface area contributed by atoms with Crippen LogP contribution in [0.2, 0.25) is 0 Å². The number of methoxy groups -OCH3 is 1. The zero-order valence-electron chi connectivity index (χ0n) is 15.4. The fourth-order valence-electron chi connectivity index (χ4n) is 3.05. The molecule has 0 spiro atoms. The Hall–Kier alpha value is -1.40. The first-order valence-electron chi connectivity index (χ1n) is 8.92. The van der Waals surface area contributed by atoms with Gasteiger partial charge in [0.15, 0.2) is 5.79 Å². The van der Waals surface area contributed by atoms with E-state index in [0.29, 0.717) is 19.6 Å². The van der Waals surface area contributed by atoms with E-state index in [-0.39, 0.29) is 6.10 Å². The zero-order chi connectivity index (χ0) is 18.3. The van der Waals surface area contributed by atoms with Gasteiger partial charge in [0, 0.05) is 0 Å². The molecular formula is C20H30O5. The topological polar surface area (TPSA) is 57.2 Å². The molecule has 0 amide bonds. The Morgan fingerprint density at radius 2 is 2.00 bits per heavy atom. The van der Waals surface area contributed by atoms with Gasteiger partial charge in [0.1, 0.15) is 18.0 Å². The Labute approximate surface area is 150 Å². The van der Waals surface area contributed by atoms with Crippen LogP contribution in [0.4, 0.5) is 0 Å². The molecule has 140 valence electrons.